The topological polar surface area (TPSA) is 0 Å². The molecule has 0 fully saturated rings. The number of hydrogen-bond acceptors (Lipinski definition) is 0. The molecule has 24 aliphatic rings. The molecule has 36 rings (SSSR count). The first kappa shape index (κ1) is 34.8. The van der Waals surface area contributed by atoms with Gasteiger partial charge < -0.3 is 0 Å². The van der Waals surface area contributed by atoms with E-state index < -0.39 is 0 Å². The molecule has 12 aromatic carbocycles. The van der Waals surface area contributed by atoms with Crippen LogP contribution in [0, 0.1) is 0 Å². The second-order valence-corrected chi connectivity index (χ2v) is 16.8. The standard InChI is InChI=1S/C62H38/c1-3-55-53-35-38-60-58-6-2-4-56-54(36-37-59(62(56)58)57(5-1)61(55)60)52-33-29-50(30-34-52)48-25-21-46(22-26-48)44-17-13-42(14-18-44)40-9-7-39(8-10-40)41-11-15-43(16-12-41)45-19-23-47(24-20-45)49-27-31-51(53)32-28-49/h1-38H. The van der Waals surface area contributed by atoms with Gasteiger partial charge in [0.25, 0.3) is 0 Å². The number of benzene rings is 12. The van der Waals surface area contributed by atoms with Gasteiger partial charge in [-0.3, -0.25) is 0 Å². The molecule has 24 aliphatic carbocycles. The van der Waals surface area contributed by atoms with Crippen molar-refractivity contribution in [3.63, 3.8) is 0 Å². The van der Waals surface area contributed by atoms with Crippen LogP contribution >= 0.6 is 0 Å². The Morgan fingerprint density at radius 2 is 0.306 bits per heavy atom. The monoisotopic (exact) mass is 782 g/mol. The highest BCUT2D eigenvalue weighted by atomic mass is 14.2. The van der Waals surface area contributed by atoms with Gasteiger partial charge in [-0.25, -0.2) is 0 Å². The van der Waals surface area contributed by atoms with Crippen molar-refractivity contribution in [2.45, 2.75) is 0 Å². The van der Waals surface area contributed by atoms with E-state index >= 15 is 0 Å². The third-order valence-electron chi connectivity index (χ3n) is 13.5. The molecule has 286 valence electrons. The Morgan fingerprint density at radius 3 is 0.532 bits per heavy atom. The van der Waals surface area contributed by atoms with Gasteiger partial charge >= 0.3 is 0 Å². The summed E-state index contributed by atoms with van der Waals surface area (Å²) in [4.78, 5) is 0. The fourth-order valence-electron chi connectivity index (χ4n) is 10.2. The van der Waals surface area contributed by atoms with Crippen LogP contribution in [0.5, 0.6) is 0 Å². The molecule has 0 nitrogen and oxygen atoms in total. The van der Waals surface area contributed by atoms with Gasteiger partial charge in [-0.2, -0.15) is 0 Å². The highest BCUT2D eigenvalue weighted by Crippen LogP contribution is 2.45. The molecule has 0 heteroatoms. The molecule has 12 aromatic rings. The Kier molecular flexibility index (Phi) is 7.71. The van der Waals surface area contributed by atoms with Gasteiger partial charge in [0.2, 0.25) is 0 Å². The number of rotatable bonds is 0. The zero-order chi connectivity index (χ0) is 40.7. The van der Waals surface area contributed by atoms with E-state index in [1.54, 1.807) is 0 Å². The summed E-state index contributed by atoms with van der Waals surface area (Å²) in [5.74, 6) is 0. The smallest absolute Gasteiger partial charge is 0.00201 e. The van der Waals surface area contributed by atoms with E-state index in [1.165, 1.54) is 132 Å². The minimum absolute atomic E-state index is 1.21. The SMILES string of the molecule is c1cc2c3ccc4c5cccc6c(ccc(c(c1)c24)c65)-c1ccc(cc1)-c1ccc(cc1)-c1ccc(cc1)-c1ccc(cc1)-c1ccc(cc1)-c1ccc(cc1)-c1ccc-3cc1. The Hall–Kier alpha value is -8.06. The summed E-state index contributed by atoms with van der Waals surface area (Å²) < 4.78 is 0. The lowest BCUT2D eigenvalue weighted by Gasteiger charge is -2.18. The Morgan fingerprint density at radius 1 is 0.129 bits per heavy atom. The second-order valence-electron chi connectivity index (χ2n) is 16.8. The van der Waals surface area contributed by atoms with Gasteiger partial charge in [-0.15, -0.1) is 0 Å². The normalized spacial score (nSPS) is 11.9. The molecule has 0 heterocycles. The second kappa shape index (κ2) is 13.7. The van der Waals surface area contributed by atoms with E-state index in [9.17, 15) is 0 Å². The third kappa shape index (κ3) is 5.54. The summed E-state index contributed by atoms with van der Waals surface area (Å²) >= 11 is 0. The van der Waals surface area contributed by atoms with Crippen molar-refractivity contribution in [1.82, 2.24) is 0 Å². The zero-order valence-corrected chi connectivity index (χ0v) is 33.9. The summed E-state index contributed by atoms with van der Waals surface area (Å²) in [6.07, 6.45) is 0. The Labute approximate surface area is 361 Å². The van der Waals surface area contributed by atoms with E-state index in [-0.39, 0.29) is 0 Å². The summed E-state index contributed by atoms with van der Waals surface area (Å²) in [5.41, 5.74) is 19.5. The van der Waals surface area contributed by atoms with Crippen molar-refractivity contribution in [3.8, 4) is 89.0 Å². The molecule has 0 aliphatic heterocycles. The van der Waals surface area contributed by atoms with E-state index in [2.05, 4.69) is 231 Å². The minimum Gasteiger partial charge on any atom is -0.0610 e. The van der Waals surface area contributed by atoms with Gasteiger partial charge in [0.1, 0.15) is 0 Å². The summed E-state index contributed by atoms with van der Waals surface area (Å²) in [5, 5.41) is 10.5. The van der Waals surface area contributed by atoms with Crippen molar-refractivity contribution < 1.29 is 0 Å². The molecule has 62 heavy (non-hydrogen) atoms. The first-order valence-corrected chi connectivity index (χ1v) is 21.6. The summed E-state index contributed by atoms with van der Waals surface area (Å²) in [6, 6.07) is 86.0. The molecular formula is C62H38. The van der Waals surface area contributed by atoms with Crippen LogP contribution in [-0.4, -0.2) is 0 Å². The summed E-state index contributed by atoms with van der Waals surface area (Å²) in [7, 11) is 0. The fraction of sp³-hybridized carbons (Fsp3) is 0. The molecular weight excluding hydrogens is 745 g/mol. The molecule has 0 unspecified atom stereocenters. The van der Waals surface area contributed by atoms with Crippen LogP contribution in [0.1, 0.15) is 0 Å². The van der Waals surface area contributed by atoms with Crippen molar-refractivity contribution >= 4 is 43.1 Å². The average molecular weight is 783 g/mol. The maximum Gasteiger partial charge on any atom is -0.00201 e. The van der Waals surface area contributed by atoms with Gasteiger partial charge in [0.05, 0.1) is 0 Å². The van der Waals surface area contributed by atoms with E-state index in [0.29, 0.717) is 0 Å². The Bertz CT molecular complexity index is 3360. The quantitative estimate of drug-likeness (QED) is 0.106. The van der Waals surface area contributed by atoms with Gasteiger partial charge in [-0.1, -0.05) is 231 Å². The molecule has 0 aromatic heterocycles. The van der Waals surface area contributed by atoms with Crippen molar-refractivity contribution in [3.05, 3.63) is 231 Å². The lowest BCUT2D eigenvalue weighted by molar-refractivity contribution is 1.56. The Balaban J connectivity index is 0.946. The highest BCUT2D eigenvalue weighted by molar-refractivity contribution is 6.35. The largest absolute Gasteiger partial charge is 0.0610 e. The molecule has 0 saturated carbocycles. The highest BCUT2D eigenvalue weighted by Gasteiger charge is 2.18. The maximum absolute atomic E-state index is 2.35. The predicted octanol–water partition coefficient (Wildman–Crippen LogP) is 17.4. The van der Waals surface area contributed by atoms with Crippen LogP contribution in [-0.2, 0) is 0 Å². The average Bonchev–Trinajstić information content (AvgIpc) is 3.35. The molecule has 24 bridgehead atoms. The molecule has 0 amide bonds. The molecule has 0 spiro atoms. The first-order valence-electron chi connectivity index (χ1n) is 21.6. The van der Waals surface area contributed by atoms with Crippen LogP contribution in [0.3, 0.4) is 0 Å². The maximum atomic E-state index is 2.35. The lowest BCUT2D eigenvalue weighted by atomic mass is 9.85. The predicted molar refractivity (Wildman–Crippen MR) is 265 cm³/mol. The van der Waals surface area contributed by atoms with Crippen LogP contribution in [0.4, 0.5) is 0 Å². The zero-order valence-electron chi connectivity index (χ0n) is 33.9. The third-order valence-corrected chi connectivity index (χ3v) is 13.5. The molecule has 0 radical (unpaired) electrons. The molecule has 0 N–H and O–H groups in total. The van der Waals surface area contributed by atoms with Crippen molar-refractivity contribution in [2.75, 3.05) is 0 Å². The van der Waals surface area contributed by atoms with Crippen molar-refractivity contribution in [1.29, 1.82) is 0 Å². The van der Waals surface area contributed by atoms with Gasteiger partial charge in [0, 0.05) is 0 Å². The first-order chi connectivity index (χ1) is 30.7. The van der Waals surface area contributed by atoms with Crippen molar-refractivity contribution in [2.24, 2.45) is 0 Å². The minimum atomic E-state index is 1.21. The van der Waals surface area contributed by atoms with Crippen LogP contribution < -0.4 is 0 Å². The van der Waals surface area contributed by atoms with Crippen LogP contribution in [0.15, 0.2) is 231 Å². The fourth-order valence-corrected chi connectivity index (χ4v) is 10.2. The lowest BCUT2D eigenvalue weighted by Crippen LogP contribution is -1.91. The van der Waals surface area contributed by atoms with Gasteiger partial charge in [0.15, 0.2) is 0 Å². The summed E-state index contributed by atoms with van der Waals surface area (Å²) in [6.45, 7) is 0. The molecule has 0 atom stereocenters. The number of hydrogen-bond donors (Lipinski definition) is 0. The van der Waals surface area contributed by atoms with E-state index in [1.807, 2.05) is 0 Å². The molecule has 0 saturated heterocycles. The van der Waals surface area contributed by atoms with E-state index in [0.717, 1.165) is 0 Å². The van der Waals surface area contributed by atoms with Crippen LogP contribution in [0.25, 0.3) is 132 Å². The van der Waals surface area contributed by atoms with Gasteiger partial charge in [-0.05, 0) is 132 Å². The van der Waals surface area contributed by atoms with Crippen LogP contribution in [0.2, 0.25) is 0 Å². The van der Waals surface area contributed by atoms with E-state index in [4.69, 9.17) is 0 Å².